The minimum Gasteiger partial charge on any atom is -0.493 e. The maximum Gasteiger partial charge on any atom is 0.214 e. The Morgan fingerprint density at radius 3 is 2.78 bits per heavy atom. The van der Waals surface area contributed by atoms with Crippen molar-refractivity contribution in [2.45, 2.75) is 6.92 Å². The molecule has 18 heavy (non-hydrogen) atoms. The lowest BCUT2D eigenvalue weighted by atomic mass is 10.1. The fraction of sp³-hybridized carbons (Fsp3) is 0.231. The molecule has 0 aliphatic carbocycles. The molecule has 4 nitrogen and oxygen atoms in total. The number of methoxy groups -OCH3 is 1. The smallest absolute Gasteiger partial charge is 0.214 e. The number of hydrogen-bond acceptors (Lipinski definition) is 3. The molecule has 0 saturated heterocycles. The van der Waals surface area contributed by atoms with Crippen LogP contribution in [-0.2, 0) is 7.05 Å². The number of ether oxygens (including phenoxy) is 1. The zero-order valence-electron chi connectivity index (χ0n) is 10.4. The number of ketones is 1. The van der Waals surface area contributed by atoms with Gasteiger partial charge in [-0.2, -0.15) is 5.10 Å². The summed E-state index contributed by atoms with van der Waals surface area (Å²) in [5, 5.41) is 4.03. The maximum atomic E-state index is 12.4. The van der Waals surface area contributed by atoms with Gasteiger partial charge in [-0.3, -0.25) is 9.48 Å². The van der Waals surface area contributed by atoms with E-state index in [1.54, 1.807) is 13.1 Å². The van der Waals surface area contributed by atoms with Crippen LogP contribution >= 0.6 is 15.9 Å². The van der Waals surface area contributed by atoms with Crippen LogP contribution in [0, 0.1) is 6.92 Å². The molecule has 0 fully saturated rings. The van der Waals surface area contributed by atoms with Gasteiger partial charge in [-0.25, -0.2) is 0 Å². The molecule has 0 bridgehead atoms. The van der Waals surface area contributed by atoms with Crippen LogP contribution in [-0.4, -0.2) is 22.7 Å². The van der Waals surface area contributed by atoms with E-state index in [0.29, 0.717) is 17.0 Å². The summed E-state index contributed by atoms with van der Waals surface area (Å²) >= 11 is 3.43. The molecule has 1 aromatic heterocycles. The van der Waals surface area contributed by atoms with Crippen LogP contribution in [0.25, 0.3) is 0 Å². The van der Waals surface area contributed by atoms with Crippen molar-refractivity contribution in [1.29, 1.82) is 0 Å². The number of halogens is 1. The predicted octanol–water partition coefficient (Wildman–Crippen LogP) is 2.73. The molecular weight excluding hydrogens is 296 g/mol. The highest BCUT2D eigenvalue weighted by molar-refractivity contribution is 9.10. The first-order chi connectivity index (χ1) is 8.54. The van der Waals surface area contributed by atoms with Gasteiger partial charge in [0.25, 0.3) is 0 Å². The topological polar surface area (TPSA) is 44.1 Å². The fourth-order valence-electron chi connectivity index (χ4n) is 1.70. The number of carbonyl (C=O) groups excluding carboxylic acids is 1. The van der Waals surface area contributed by atoms with E-state index in [1.807, 2.05) is 19.1 Å². The second-order valence-electron chi connectivity index (χ2n) is 3.98. The summed E-state index contributed by atoms with van der Waals surface area (Å²) in [6, 6.07) is 5.51. The molecule has 0 unspecified atom stereocenters. The highest BCUT2D eigenvalue weighted by atomic mass is 79.9. The van der Waals surface area contributed by atoms with E-state index in [2.05, 4.69) is 21.0 Å². The molecule has 0 atom stereocenters. The molecule has 0 aliphatic rings. The zero-order valence-corrected chi connectivity index (χ0v) is 12.0. The summed E-state index contributed by atoms with van der Waals surface area (Å²) in [6.45, 7) is 1.98. The van der Waals surface area contributed by atoms with Crippen molar-refractivity contribution >= 4 is 21.7 Å². The van der Waals surface area contributed by atoms with Gasteiger partial charge in [-0.05, 0) is 18.6 Å². The first kappa shape index (κ1) is 12.8. The van der Waals surface area contributed by atoms with Gasteiger partial charge in [0.1, 0.15) is 0 Å². The lowest BCUT2D eigenvalue weighted by molar-refractivity contribution is 0.102. The van der Waals surface area contributed by atoms with E-state index in [4.69, 9.17) is 4.74 Å². The Balaban J connectivity index is 2.47. The summed E-state index contributed by atoms with van der Waals surface area (Å²) < 4.78 is 7.58. The minimum atomic E-state index is -0.104. The second kappa shape index (κ2) is 4.94. The van der Waals surface area contributed by atoms with Crippen LogP contribution in [0.1, 0.15) is 21.6 Å². The standard InChI is InChI=1S/C13H13BrN2O2/c1-8-4-5-9(6-10(8)14)13(17)12-11(18-3)7-15-16(12)2/h4-7H,1-3H3. The molecule has 1 heterocycles. The average molecular weight is 309 g/mol. The van der Waals surface area contributed by atoms with E-state index in [0.717, 1.165) is 10.0 Å². The maximum absolute atomic E-state index is 12.4. The molecule has 0 radical (unpaired) electrons. The van der Waals surface area contributed by atoms with Gasteiger partial charge in [0, 0.05) is 17.1 Å². The Hall–Kier alpha value is -1.62. The van der Waals surface area contributed by atoms with E-state index < -0.39 is 0 Å². The summed E-state index contributed by atoms with van der Waals surface area (Å²) in [4.78, 5) is 12.4. The number of hydrogen-bond donors (Lipinski definition) is 0. The van der Waals surface area contributed by atoms with Gasteiger partial charge in [0.2, 0.25) is 5.78 Å². The molecule has 0 saturated carbocycles. The van der Waals surface area contributed by atoms with Gasteiger partial charge in [-0.15, -0.1) is 0 Å². The molecule has 2 aromatic rings. The highest BCUT2D eigenvalue weighted by Gasteiger charge is 2.19. The van der Waals surface area contributed by atoms with Crippen LogP contribution in [0.5, 0.6) is 5.75 Å². The molecule has 0 spiro atoms. The number of aromatic nitrogens is 2. The third-order valence-corrected chi connectivity index (χ3v) is 3.63. The van der Waals surface area contributed by atoms with Gasteiger partial charge in [-0.1, -0.05) is 28.1 Å². The Morgan fingerprint density at radius 1 is 1.44 bits per heavy atom. The fourth-order valence-corrected chi connectivity index (χ4v) is 2.08. The minimum absolute atomic E-state index is 0.104. The van der Waals surface area contributed by atoms with Crippen molar-refractivity contribution < 1.29 is 9.53 Å². The van der Waals surface area contributed by atoms with Crippen molar-refractivity contribution in [3.63, 3.8) is 0 Å². The van der Waals surface area contributed by atoms with Crippen molar-refractivity contribution in [3.8, 4) is 5.75 Å². The Labute approximate surface area is 114 Å². The van der Waals surface area contributed by atoms with Crippen LogP contribution < -0.4 is 4.74 Å². The second-order valence-corrected chi connectivity index (χ2v) is 4.83. The highest BCUT2D eigenvalue weighted by Crippen LogP contribution is 2.23. The molecule has 94 valence electrons. The zero-order chi connectivity index (χ0) is 13.3. The molecule has 0 amide bonds. The average Bonchev–Trinajstić information content (AvgIpc) is 2.73. The van der Waals surface area contributed by atoms with Crippen molar-refractivity contribution in [1.82, 2.24) is 9.78 Å². The predicted molar refractivity (Wildman–Crippen MR) is 72.1 cm³/mol. The van der Waals surface area contributed by atoms with Crippen molar-refractivity contribution in [3.05, 3.63) is 45.7 Å². The number of rotatable bonds is 3. The van der Waals surface area contributed by atoms with Crippen LogP contribution in [0.3, 0.4) is 0 Å². The van der Waals surface area contributed by atoms with E-state index >= 15 is 0 Å². The van der Waals surface area contributed by atoms with Gasteiger partial charge < -0.3 is 4.74 Å². The van der Waals surface area contributed by atoms with Crippen molar-refractivity contribution in [2.75, 3.05) is 7.11 Å². The monoisotopic (exact) mass is 308 g/mol. The Kier molecular flexibility index (Phi) is 3.52. The Morgan fingerprint density at radius 2 is 2.17 bits per heavy atom. The molecule has 5 heteroatoms. The molecule has 0 N–H and O–H groups in total. The molecular formula is C13H13BrN2O2. The van der Waals surface area contributed by atoms with Gasteiger partial charge in [0.15, 0.2) is 11.4 Å². The molecule has 1 aromatic carbocycles. The van der Waals surface area contributed by atoms with Gasteiger partial charge in [0.05, 0.1) is 13.3 Å². The lowest BCUT2D eigenvalue weighted by Gasteiger charge is -2.06. The summed E-state index contributed by atoms with van der Waals surface area (Å²) in [6.07, 6.45) is 1.54. The summed E-state index contributed by atoms with van der Waals surface area (Å²) in [5.74, 6) is 0.381. The SMILES string of the molecule is COc1cnn(C)c1C(=O)c1ccc(C)c(Br)c1. The van der Waals surface area contributed by atoms with E-state index in [-0.39, 0.29) is 5.78 Å². The number of carbonyl (C=O) groups is 1. The van der Waals surface area contributed by atoms with Crippen molar-refractivity contribution in [2.24, 2.45) is 7.05 Å². The van der Waals surface area contributed by atoms with Crippen LogP contribution in [0.2, 0.25) is 0 Å². The quantitative estimate of drug-likeness (QED) is 0.819. The third-order valence-electron chi connectivity index (χ3n) is 2.77. The first-order valence-corrected chi connectivity index (χ1v) is 6.20. The van der Waals surface area contributed by atoms with E-state index in [9.17, 15) is 4.79 Å². The number of benzene rings is 1. The molecule has 2 rings (SSSR count). The van der Waals surface area contributed by atoms with Crippen LogP contribution in [0.15, 0.2) is 28.9 Å². The van der Waals surface area contributed by atoms with Crippen LogP contribution in [0.4, 0.5) is 0 Å². The van der Waals surface area contributed by atoms with Gasteiger partial charge >= 0.3 is 0 Å². The molecule has 0 aliphatic heterocycles. The number of nitrogens with zero attached hydrogens (tertiary/aromatic N) is 2. The summed E-state index contributed by atoms with van der Waals surface area (Å²) in [5.41, 5.74) is 2.14. The van der Waals surface area contributed by atoms with E-state index in [1.165, 1.54) is 18.0 Å². The lowest BCUT2D eigenvalue weighted by Crippen LogP contribution is -2.09. The third kappa shape index (κ3) is 2.18. The normalized spacial score (nSPS) is 10.4. The Bertz CT molecular complexity index is 605. The number of aryl methyl sites for hydroxylation is 2. The first-order valence-electron chi connectivity index (χ1n) is 5.41. The largest absolute Gasteiger partial charge is 0.493 e. The summed E-state index contributed by atoms with van der Waals surface area (Å²) in [7, 11) is 3.25.